The molecule has 0 radical (unpaired) electrons. The summed E-state index contributed by atoms with van der Waals surface area (Å²) in [5, 5.41) is 13.4. The van der Waals surface area contributed by atoms with Crippen molar-refractivity contribution in [1.82, 2.24) is 0 Å². The van der Waals surface area contributed by atoms with Gasteiger partial charge < -0.3 is 10.1 Å². The third-order valence-corrected chi connectivity index (χ3v) is 6.33. The van der Waals surface area contributed by atoms with Crippen molar-refractivity contribution in [3.05, 3.63) is 88.5 Å². The number of nitro benzene ring substituents is 1. The van der Waals surface area contributed by atoms with E-state index in [-0.39, 0.29) is 21.8 Å². The predicted molar refractivity (Wildman–Crippen MR) is 116 cm³/mol. The van der Waals surface area contributed by atoms with Gasteiger partial charge in [0.05, 0.1) is 22.6 Å². The van der Waals surface area contributed by atoms with Crippen molar-refractivity contribution in [2.45, 2.75) is 4.90 Å². The summed E-state index contributed by atoms with van der Waals surface area (Å²) in [6.45, 7) is 0. The average molecular weight is 441 g/mol. The van der Waals surface area contributed by atoms with Crippen LogP contribution in [0.4, 0.5) is 17.1 Å². The van der Waals surface area contributed by atoms with Gasteiger partial charge in [0.25, 0.3) is 21.6 Å². The van der Waals surface area contributed by atoms with E-state index >= 15 is 0 Å². The molecule has 160 valence electrons. The maximum Gasteiger partial charge on any atom is 0.271 e. The number of ether oxygens (including phenoxy) is 1. The van der Waals surface area contributed by atoms with Crippen molar-refractivity contribution >= 4 is 33.0 Å². The minimum Gasteiger partial charge on any atom is -0.497 e. The quantitative estimate of drug-likeness (QED) is 0.441. The van der Waals surface area contributed by atoms with Crippen LogP contribution in [0, 0.1) is 10.1 Å². The number of non-ortho nitro benzene ring substituents is 1. The molecule has 0 aromatic heterocycles. The number of carbonyl (C=O) groups is 1. The largest absolute Gasteiger partial charge is 0.497 e. The van der Waals surface area contributed by atoms with Crippen LogP contribution in [0.1, 0.15) is 10.4 Å². The summed E-state index contributed by atoms with van der Waals surface area (Å²) in [5.41, 5.74) is 0.772. The highest BCUT2D eigenvalue weighted by Gasteiger charge is 2.21. The Labute approximate surface area is 179 Å². The van der Waals surface area contributed by atoms with Crippen LogP contribution in [0.5, 0.6) is 5.75 Å². The molecule has 3 aromatic rings. The molecule has 0 saturated heterocycles. The zero-order valence-corrected chi connectivity index (χ0v) is 17.5. The number of sulfonamides is 1. The van der Waals surface area contributed by atoms with E-state index in [0.717, 1.165) is 4.31 Å². The third-order valence-electron chi connectivity index (χ3n) is 4.53. The van der Waals surface area contributed by atoms with Crippen molar-refractivity contribution in [3.8, 4) is 5.75 Å². The molecular formula is C21H19N3O6S. The standard InChI is InChI=1S/C21H19N3O6S/c1-23(31(28,29)20-12-10-19(30-2)11-13-20)17-8-6-15(7-9-17)21(25)22-16-4-3-5-18(14-16)24(26)27/h3-14H,1-2H3,(H,22,25). The Morgan fingerprint density at radius 3 is 2.26 bits per heavy atom. The predicted octanol–water partition coefficient (Wildman–Crippen LogP) is 3.68. The Hall–Kier alpha value is -3.92. The van der Waals surface area contributed by atoms with Crippen molar-refractivity contribution < 1.29 is 22.9 Å². The number of nitro groups is 1. The molecule has 0 bridgehead atoms. The number of methoxy groups -OCH3 is 1. The van der Waals surface area contributed by atoms with Crippen LogP contribution in [0.3, 0.4) is 0 Å². The van der Waals surface area contributed by atoms with E-state index in [2.05, 4.69) is 5.32 Å². The smallest absolute Gasteiger partial charge is 0.271 e. The Balaban J connectivity index is 1.76. The lowest BCUT2D eigenvalue weighted by molar-refractivity contribution is -0.384. The monoisotopic (exact) mass is 441 g/mol. The van der Waals surface area contributed by atoms with Gasteiger partial charge in [-0.15, -0.1) is 0 Å². The lowest BCUT2D eigenvalue weighted by Gasteiger charge is -2.20. The summed E-state index contributed by atoms with van der Waals surface area (Å²) in [6, 6.07) is 17.5. The summed E-state index contributed by atoms with van der Waals surface area (Å²) in [6.07, 6.45) is 0. The number of nitrogens with zero attached hydrogens (tertiary/aromatic N) is 2. The van der Waals surface area contributed by atoms with Crippen LogP contribution in [0.2, 0.25) is 0 Å². The van der Waals surface area contributed by atoms with Gasteiger partial charge in [0.15, 0.2) is 0 Å². The van der Waals surface area contributed by atoms with E-state index in [1.165, 1.54) is 74.8 Å². The zero-order chi connectivity index (χ0) is 22.6. The van der Waals surface area contributed by atoms with Gasteiger partial charge >= 0.3 is 0 Å². The Morgan fingerprint density at radius 1 is 1.03 bits per heavy atom. The average Bonchev–Trinajstić information content (AvgIpc) is 2.78. The number of anilines is 2. The maximum atomic E-state index is 12.8. The van der Waals surface area contributed by atoms with E-state index in [9.17, 15) is 23.3 Å². The molecule has 0 heterocycles. The SMILES string of the molecule is COc1ccc(S(=O)(=O)N(C)c2ccc(C(=O)Nc3cccc([N+](=O)[O-])c3)cc2)cc1. The molecule has 0 saturated carbocycles. The minimum absolute atomic E-state index is 0.100. The number of hydrogen-bond donors (Lipinski definition) is 1. The summed E-state index contributed by atoms with van der Waals surface area (Å²) in [7, 11) is -0.891. The number of benzene rings is 3. The van der Waals surface area contributed by atoms with Gasteiger partial charge in [-0.3, -0.25) is 19.2 Å². The lowest BCUT2D eigenvalue weighted by atomic mass is 10.2. The third kappa shape index (κ3) is 4.81. The first-order valence-corrected chi connectivity index (χ1v) is 10.5. The van der Waals surface area contributed by atoms with Crippen LogP contribution < -0.4 is 14.4 Å². The molecule has 10 heteroatoms. The summed E-state index contributed by atoms with van der Waals surface area (Å²) < 4.78 is 31.8. The fourth-order valence-electron chi connectivity index (χ4n) is 2.77. The van der Waals surface area contributed by atoms with Gasteiger partial charge in [-0.05, 0) is 54.6 Å². The van der Waals surface area contributed by atoms with Crippen LogP contribution >= 0.6 is 0 Å². The van der Waals surface area contributed by atoms with Gasteiger partial charge in [0.1, 0.15) is 5.75 Å². The van der Waals surface area contributed by atoms with Crippen LogP contribution in [-0.4, -0.2) is 33.4 Å². The van der Waals surface area contributed by atoms with Crippen LogP contribution in [-0.2, 0) is 10.0 Å². The molecule has 1 N–H and O–H groups in total. The fraction of sp³-hybridized carbons (Fsp3) is 0.0952. The van der Waals surface area contributed by atoms with Gasteiger partial charge in [-0.1, -0.05) is 6.07 Å². The highest BCUT2D eigenvalue weighted by molar-refractivity contribution is 7.92. The first-order chi connectivity index (χ1) is 14.7. The van der Waals surface area contributed by atoms with Crippen LogP contribution in [0.25, 0.3) is 0 Å². The molecule has 31 heavy (non-hydrogen) atoms. The van der Waals surface area contributed by atoms with Crippen molar-refractivity contribution in [2.24, 2.45) is 0 Å². The summed E-state index contributed by atoms with van der Waals surface area (Å²) in [4.78, 5) is 22.8. The lowest BCUT2D eigenvalue weighted by Crippen LogP contribution is -2.26. The number of nitrogens with one attached hydrogen (secondary N) is 1. The van der Waals surface area contributed by atoms with E-state index < -0.39 is 20.9 Å². The molecule has 0 fully saturated rings. The first kappa shape index (κ1) is 21.8. The number of rotatable bonds is 7. The Kier molecular flexibility index (Phi) is 6.21. The van der Waals surface area contributed by atoms with Crippen molar-refractivity contribution in [3.63, 3.8) is 0 Å². The molecule has 9 nitrogen and oxygen atoms in total. The van der Waals surface area contributed by atoms with Gasteiger partial charge in [0, 0.05) is 30.4 Å². The molecule has 0 spiro atoms. The number of amides is 1. The molecule has 0 aliphatic rings. The molecule has 0 unspecified atom stereocenters. The minimum atomic E-state index is -3.80. The highest BCUT2D eigenvalue weighted by atomic mass is 32.2. The topological polar surface area (TPSA) is 119 Å². The second kappa shape index (κ2) is 8.84. The second-order valence-corrected chi connectivity index (χ2v) is 8.43. The maximum absolute atomic E-state index is 12.8. The molecule has 1 amide bonds. The summed E-state index contributed by atoms with van der Waals surface area (Å²) >= 11 is 0. The number of hydrogen-bond acceptors (Lipinski definition) is 6. The zero-order valence-electron chi connectivity index (χ0n) is 16.7. The van der Waals surface area contributed by atoms with Crippen LogP contribution in [0.15, 0.2) is 77.7 Å². The van der Waals surface area contributed by atoms with Gasteiger partial charge in [-0.25, -0.2) is 8.42 Å². The first-order valence-electron chi connectivity index (χ1n) is 9.01. The summed E-state index contributed by atoms with van der Waals surface area (Å²) in [5.74, 6) is 0.0634. The van der Waals surface area contributed by atoms with E-state index in [1.807, 2.05) is 0 Å². The van der Waals surface area contributed by atoms with Crippen molar-refractivity contribution in [2.75, 3.05) is 23.8 Å². The van der Waals surface area contributed by atoms with Gasteiger partial charge in [-0.2, -0.15) is 0 Å². The van der Waals surface area contributed by atoms with Crippen molar-refractivity contribution in [1.29, 1.82) is 0 Å². The number of carbonyl (C=O) groups excluding carboxylic acids is 1. The molecule has 3 aromatic carbocycles. The highest BCUT2D eigenvalue weighted by Crippen LogP contribution is 2.24. The molecule has 0 aliphatic carbocycles. The Bertz CT molecular complexity index is 1210. The molecule has 0 aliphatic heterocycles. The normalized spacial score (nSPS) is 10.9. The molecule has 3 rings (SSSR count). The van der Waals surface area contributed by atoms with E-state index in [1.54, 1.807) is 12.1 Å². The Morgan fingerprint density at radius 2 is 1.68 bits per heavy atom. The molecular weight excluding hydrogens is 422 g/mol. The molecule has 0 atom stereocenters. The second-order valence-electron chi connectivity index (χ2n) is 6.46. The van der Waals surface area contributed by atoms with E-state index in [4.69, 9.17) is 4.74 Å². The van der Waals surface area contributed by atoms with Gasteiger partial charge in [0.2, 0.25) is 0 Å². The fourth-order valence-corrected chi connectivity index (χ4v) is 3.96. The van der Waals surface area contributed by atoms with E-state index in [0.29, 0.717) is 11.4 Å².